The van der Waals surface area contributed by atoms with Gasteiger partial charge in [0.25, 0.3) is 0 Å². The van der Waals surface area contributed by atoms with E-state index < -0.39 is 26.8 Å². The number of esters is 1. The molecule has 0 aromatic heterocycles. The first-order valence-electron chi connectivity index (χ1n) is 5.37. The third-order valence-corrected chi connectivity index (χ3v) is 4.56. The van der Waals surface area contributed by atoms with Gasteiger partial charge in [-0.15, -0.1) is 0 Å². The summed E-state index contributed by atoms with van der Waals surface area (Å²) in [4.78, 5) is 22.5. The lowest BCUT2D eigenvalue weighted by Gasteiger charge is -2.19. The second-order valence-electron chi connectivity index (χ2n) is 3.81. The Bertz CT molecular complexity index is 371. The van der Waals surface area contributed by atoms with Crippen LogP contribution in [-0.4, -0.2) is 37.8 Å². The van der Waals surface area contributed by atoms with Crippen LogP contribution in [0, 0.1) is 0 Å². The lowest BCUT2D eigenvalue weighted by molar-refractivity contribution is -0.139. The smallest absolute Gasteiger partial charge is 0.321 e. The minimum absolute atomic E-state index is 0.146. The molecule has 0 aromatic rings. The van der Waals surface area contributed by atoms with Crippen molar-refractivity contribution in [1.29, 1.82) is 0 Å². The van der Waals surface area contributed by atoms with Crippen molar-refractivity contribution in [3.63, 3.8) is 0 Å². The van der Waals surface area contributed by atoms with Crippen LogP contribution in [0.5, 0.6) is 0 Å². The van der Waals surface area contributed by atoms with E-state index in [0.29, 0.717) is 12.8 Å². The Morgan fingerprint density at radius 3 is 2.69 bits per heavy atom. The van der Waals surface area contributed by atoms with Crippen molar-refractivity contribution in [2.45, 2.75) is 37.9 Å². The molecule has 1 atom stereocenters. The molecule has 1 saturated carbocycles. The average molecular weight is 248 g/mol. The Labute approximate surface area is 95.1 Å². The van der Waals surface area contributed by atoms with Gasteiger partial charge < -0.3 is 4.74 Å². The zero-order chi connectivity index (χ0) is 12.2. The van der Waals surface area contributed by atoms with Gasteiger partial charge in [0.15, 0.2) is 15.6 Å². The fourth-order valence-corrected chi connectivity index (χ4v) is 3.46. The molecule has 0 amide bonds. The van der Waals surface area contributed by atoms with E-state index in [9.17, 15) is 18.0 Å². The van der Waals surface area contributed by atoms with Crippen LogP contribution < -0.4 is 0 Å². The maximum absolute atomic E-state index is 11.8. The van der Waals surface area contributed by atoms with Crippen molar-refractivity contribution in [1.82, 2.24) is 0 Å². The predicted octanol–water partition coefficient (Wildman–Crippen LogP) is 0.476. The summed E-state index contributed by atoms with van der Waals surface area (Å²) >= 11 is 0. The number of hydrogen-bond acceptors (Lipinski definition) is 5. The van der Waals surface area contributed by atoms with Gasteiger partial charge in [-0.1, -0.05) is 6.42 Å². The third kappa shape index (κ3) is 3.30. The zero-order valence-electron chi connectivity index (χ0n) is 9.27. The summed E-state index contributed by atoms with van der Waals surface area (Å²) in [5, 5.41) is -0.995. The molecule has 0 N–H and O–H groups in total. The van der Waals surface area contributed by atoms with Crippen molar-refractivity contribution in [2.75, 3.05) is 12.4 Å². The van der Waals surface area contributed by atoms with Gasteiger partial charge in [-0.2, -0.15) is 0 Å². The van der Waals surface area contributed by atoms with Crippen LogP contribution in [0.25, 0.3) is 0 Å². The Hall–Kier alpha value is -0.910. The van der Waals surface area contributed by atoms with Gasteiger partial charge >= 0.3 is 5.97 Å². The van der Waals surface area contributed by atoms with Crippen molar-refractivity contribution in [3.05, 3.63) is 0 Å². The van der Waals surface area contributed by atoms with Gasteiger partial charge in [0.2, 0.25) is 0 Å². The van der Waals surface area contributed by atoms with E-state index >= 15 is 0 Å². The highest BCUT2D eigenvalue weighted by Gasteiger charge is 2.35. The van der Waals surface area contributed by atoms with E-state index in [4.69, 9.17) is 0 Å². The normalized spacial score (nSPS) is 21.8. The standard InChI is InChI=1S/C10H16O5S/c1-2-15-10(12)7-16(13,14)9-6-4-3-5-8(9)11/h9H,2-7H2,1H3. The van der Waals surface area contributed by atoms with Crippen LogP contribution in [0.15, 0.2) is 0 Å². The summed E-state index contributed by atoms with van der Waals surface area (Å²) in [6.07, 6.45) is 2.09. The highest BCUT2D eigenvalue weighted by Crippen LogP contribution is 2.21. The number of ketones is 1. The van der Waals surface area contributed by atoms with Crippen LogP contribution in [0.1, 0.15) is 32.6 Å². The molecule has 1 aliphatic rings. The molecule has 0 bridgehead atoms. The minimum atomic E-state index is -3.68. The van der Waals surface area contributed by atoms with E-state index in [1.165, 1.54) is 0 Å². The monoisotopic (exact) mass is 248 g/mol. The van der Waals surface area contributed by atoms with E-state index in [2.05, 4.69) is 4.74 Å². The SMILES string of the molecule is CCOC(=O)CS(=O)(=O)C1CCCCC1=O. The maximum Gasteiger partial charge on any atom is 0.321 e. The minimum Gasteiger partial charge on any atom is -0.465 e. The first kappa shape index (κ1) is 13.2. The average Bonchev–Trinajstić information content (AvgIpc) is 2.17. The number of ether oxygens (including phenoxy) is 1. The van der Waals surface area contributed by atoms with Crippen LogP contribution >= 0.6 is 0 Å². The summed E-state index contributed by atoms with van der Waals surface area (Å²) in [5.41, 5.74) is 0. The summed E-state index contributed by atoms with van der Waals surface area (Å²) < 4.78 is 28.1. The molecular weight excluding hydrogens is 232 g/mol. The number of carbonyl (C=O) groups excluding carboxylic acids is 2. The molecule has 0 aromatic carbocycles. The molecule has 16 heavy (non-hydrogen) atoms. The number of Topliss-reactive ketones (excluding diaryl/α,β-unsaturated/α-hetero) is 1. The van der Waals surface area contributed by atoms with E-state index in [-0.39, 0.29) is 12.4 Å². The van der Waals surface area contributed by atoms with Gasteiger partial charge in [0.1, 0.15) is 11.0 Å². The number of sulfone groups is 1. The van der Waals surface area contributed by atoms with Crippen molar-refractivity contribution >= 4 is 21.6 Å². The zero-order valence-corrected chi connectivity index (χ0v) is 10.1. The molecule has 92 valence electrons. The fourth-order valence-electron chi connectivity index (χ4n) is 1.80. The number of carbonyl (C=O) groups is 2. The summed E-state index contributed by atoms with van der Waals surface area (Å²) in [6, 6.07) is 0. The predicted molar refractivity (Wildman–Crippen MR) is 57.7 cm³/mol. The molecule has 0 saturated heterocycles. The lowest BCUT2D eigenvalue weighted by atomic mass is 9.99. The van der Waals surface area contributed by atoms with Crippen LogP contribution in [0.4, 0.5) is 0 Å². The highest BCUT2D eigenvalue weighted by atomic mass is 32.2. The molecule has 0 aliphatic heterocycles. The summed E-state index contributed by atoms with van der Waals surface area (Å²) in [6.45, 7) is 1.75. The van der Waals surface area contributed by atoms with E-state index in [0.717, 1.165) is 12.8 Å². The number of rotatable bonds is 4. The van der Waals surface area contributed by atoms with Crippen molar-refractivity contribution in [2.24, 2.45) is 0 Å². The first-order chi connectivity index (χ1) is 7.47. The van der Waals surface area contributed by atoms with Crippen LogP contribution in [0.2, 0.25) is 0 Å². The molecular formula is C10H16O5S. The third-order valence-electron chi connectivity index (χ3n) is 2.56. The molecule has 1 rings (SSSR count). The van der Waals surface area contributed by atoms with Gasteiger partial charge in [-0.25, -0.2) is 8.42 Å². The van der Waals surface area contributed by atoms with Crippen molar-refractivity contribution in [3.8, 4) is 0 Å². The molecule has 1 aliphatic carbocycles. The molecule has 6 heteroatoms. The number of hydrogen-bond donors (Lipinski definition) is 0. The quantitative estimate of drug-likeness (QED) is 0.676. The lowest BCUT2D eigenvalue weighted by Crippen LogP contribution is -2.37. The maximum atomic E-state index is 11.8. The first-order valence-corrected chi connectivity index (χ1v) is 7.09. The largest absolute Gasteiger partial charge is 0.465 e. The molecule has 1 unspecified atom stereocenters. The molecule has 0 spiro atoms. The second-order valence-corrected chi connectivity index (χ2v) is 6.00. The Morgan fingerprint density at radius 1 is 1.44 bits per heavy atom. The Kier molecular flexibility index (Phi) is 4.46. The molecule has 0 heterocycles. The van der Waals surface area contributed by atoms with Gasteiger partial charge in [-0.05, 0) is 19.8 Å². The van der Waals surface area contributed by atoms with Gasteiger partial charge in [-0.3, -0.25) is 9.59 Å². The molecule has 1 fully saturated rings. The van der Waals surface area contributed by atoms with E-state index in [1.807, 2.05) is 0 Å². The molecule has 5 nitrogen and oxygen atoms in total. The Morgan fingerprint density at radius 2 is 2.12 bits per heavy atom. The molecule has 0 radical (unpaired) electrons. The summed E-state index contributed by atoms with van der Waals surface area (Å²) in [7, 11) is -3.68. The van der Waals surface area contributed by atoms with Crippen LogP contribution in [0.3, 0.4) is 0 Å². The van der Waals surface area contributed by atoms with Gasteiger partial charge in [0.05, 0.1) is 6.61 Å². The fraction of sp³-hybridized carbons (Fsp3) is 0.800. The topological polar surface area (TPSA) is 77.5 Å². The van der Waals surface area contributed by atoms with Gasteiger partial charge in [0, 0.05) is 6.42 Å². The van der Waals surface area contributed by atoms with Crippen LogP contribution in [-0.2, 0) is 24.2 Å². The highest BCUT2D eigenvalue weighted by molar-refractivity contribution is 7.93. The van der Waals surface area contributed by atoms with E-state index in [1.54, 1.807) is 6.92 Å². The second kappa shape index (κ2) is 5.43. The Balaban J connectivity index is 2.69. The van der Waals surface area contributed by atoms with Crippen molar-refractivity contribution < 1.29 is 22.7 Å². The summed E-state index contributed by atoms with van der Waals surface area (Å²) in [5.74, 6) is -1.73.